The van der Waals surface area contributed by atoms with Crippen molar-refractivity contribution in [3.05, 3.63) is 317 Å². The summed E-state index contributed by atoms with van der Waals surface area (Å²) in [5.41, 5.74) is 5.97. The van der Waals surface area contributed by atoms with E-state index in [9.17, 15) is 61.5 Å². The Balaban J connectivity index is 0.000000183. The van der Waals surface area contributed by atoms with Crippen LogP contribution in [-0.2, 0) is 17.3 Å². The molecule has 0 N–H and O–H groups in total. The van der Waals surface area contributed by atoms with Crippen LogP contribution in [0.3, 0.4) is 0 Å². The highest BCUT2D eigenvalue weighted by Gasteiger charge is 2.72. The molecule has 0 radical (unpaired) electrons. The first-order chi connectivity index (χ1) is 42.4. The molecule has 0 nitrogen and oxygen atoms in total. The number of aryl methyl sites for hydroxylation is 10. The number of benzene rings is 10. The zero-order valence-electron chi connectivity index (χ0n) is 53.2. The van der Waals surface area contributed by atoms with Gasteiger partial charge in [0.1, 0.15) is 0 Å². The molecule has 0 unspecified atom stereocenters. The summed E-state index contributed by atoms with van der Waals surface area (Å²) in [6.45, 7) is 26.4. The fraction of sp³-hybridized carbons (Fsp3) is 0.247. The number of hydrogen-bond acceptors (Lipinski definition) is 0. The SMILES string of the molecule is Cc1c(F)c(F)c(-c2c(F)c(F)c(C)c(F)c2F)c(F)c1F.Cc1ccc(C(C)(C)c2ccc(C)cc2)cc1.Cc1ccc(C(c2ccc(C)cc2)(C(F)(F)F)C(F)(F)F)cc1.Cc1ccc(Cc2ccc(C)cc2)cc1.Cc1ccc2c(C)c(C)ccc2c1C. The van der Waals surface area contributed by atoms with Gasteiger partial charge in [0.05, 0.1) is 11.1 Å². The third-order valence-electron chi connectivity index (χ3n) is 16.5. The van der Waals surface area contributed by atoms with Crippen molar-refractivity contribution >= 4 is 10.8 Å². The molecule has 10 aromatic carbocycles. The largest absolute Gasteiger partial charge is 0.411 e. The van der Waals surface area contributed by atoms with Crippen LogP contribution in [0.15, 0.2) is 170 Å². The molecule has 10 aromatic rings. The fourth-order valence-corrected chi connectivity index (χ4v) is 10.2. The van der Waals surface area contributed by atoms with Gasteiger partial charge in [0, 0.05) is 16.5 Å². The van der Waals surface area contributed by atoms with Gasteiger partial charge in [0.15, 0.2) is 46.5 Å². The lowest BCUT2D eigenvalue weighted by Gasteiger charge is -2.38. The number of alkyl halides is 6. The van der Waals surface area contributed by atoms with E-state index in [1.54, 1.807) is 13.8 Å². The van der Waals surface area contributed by atoms with E-state index < -0.39 is 97.7 Å². The third kappa shape index (κ3) is 16.0. The van der Waals surface area contributed by atoms with Crippen molar-refractivity contribution < 1.29 is 61.5 Å². The van der Waals surface area contributed by atoms with Crippen LogP contribution < -0.4 is 0 Å². The molecule has 478 valence electrons. The Labute approximate surface area is 524 Å². The van der Waals surface area contributed by atoms with Gasteiger partial charge < -0.3 is 0 Å². The van der Waals surface area contributed by atoms with Gasteiger partial charge in [-0.2, -0.15) is 26.3 Å². The zero-order valence-corrected chi connectivity index (χ0v) is 53.2. The number of halogens is 14. The van der Waals surface area contributed by atoms with Crippen molar-refractivity contribution in [2.24, 2.45) is 0 Å². The second-order valence-corrected chi connectivity index (χ2v) is 23.6. The van der Waals surface area contributed by atoms with Crippen LogP contribution in [0, 0.1) is 130 Å². The zero-order chi connectivity index (χ0) is 67.8. The van der Waals surface area contributed by atoms with Gasteiger partial charge in [-0.3, -0.25) is 0 Å². The highest BCUT2D eigenvalue weighted by molar-refractivity contribution is 5.90. The maximum atomic E-state index is 13.8. The molecule has 0 heterocycles. The molecule has 0 atom stereocenters. The Bertz CT molecular complexity index is 3790. The lowest BCUT2D eigenvalue weighted by Crippen LogP contribution is -2.54. The number of fused-ring (bicyclic) bond motifs is 1. The van der Waals surface area contributed by atoms with E-state index in [1.165, 1.54) is 102 Å². The minimum atomic E-state index is -5.53. The summed E-state index contributed by atoms with van der Waals surface area (Å²) in [5, 5.41) is 2.79. The minimum Gasteiger partial charge on any atom is -0.203 e. The van der Waals surface area contributed by atoms with E-state index >= 15 is 0 Å². The van der Waals surface area contributed by atoms with Crippen molar-refractivity contribution in [2.45, 2.75) is 127 Å². The highest BCUT2D eigenvalue weighted by atomic mass is 19.4. The van der Waals surface area contributed by atoms with Gasteiger partial charge in [-0.1, -0.05) is 217 Å². The maximum absolute atomic E-state index is 13.8. The van der Waals surface area contributed by atoms with Crippen LogP contribution >= 0.6 is 0 Å². The van der Waals surface area contributed by atoms with E-state index in [0.717, 1.165) is 30.7 Å². The maximum Gasteiger partial charge on any atom is 0.411 e. The molecule has 0 saturated heterocycles. The molecule has 0 aromatic heterocycles. The van der Waals surface area contributed by atoms with Crippen LogP contribution in [0.2, 0.25) is 0 Å². The monoisotopic (exact) mass is 1260 g/mol. The Morgan fingerprint density at radius 1 is 0.253 bits per heavy atom. The van der Waals surface area contributed by atoms with E-state index in [1.807, 2.05) is 0 Å². The summed E-state index contributed by atoms with van der Waals surface area (Å²) in [7, 11) is 0. The first-order valence-corrected chi connectivity index (χ1v) is 29.1. The molecule has 0 bridgehead atoms. The van der Waals surface area contributed by atoms with Gasteiger partial charge in [-0.25, -0.2) is 35.1 Å². The molecule has 14 heteroatoms. The predicted octanol–water partition coefficient (Wildman–Crippen LogP) is 23.4. The highest BCUT2D eigenvalue weighted by Crippen LogP contribution is 2.56. The predicted molar refractivity (Wildman–Crippen MR) is 339 cm³/mol. The van der Waals surface area contributed by atoms with Crippen molar-refractivity contribution in [3.63, 3.8) is 0 Å². The Kier molecular flexibility index (Phi) is 22.9. The quantitative estimate of drug-likeness (QED) is 0.110. The molecule has 0 amide bonds. The minimum absolute atomic E-state index is 0.0708. The standard InChI is InChI=1S/C17H14F6.C17H20.C15H16.C14H6F8.C14H16/c1-11-3-7-13(8-4-11)15(16(18,19)20,17(21,22)23)14-9-5-12(2)6-10-14;1-13-5-9-15(10-6-13)17(3,4)16-11-7-14(2)8-12-16;1-12-3-7-14(8-4-12)11-15-9-5-13(2)6-10-15;1-3-7(15)11(19)5(12(20)8(3)16)6-13(21)9(17)4(2)10(18)14(6)22;1-9-5-7-14-12(4)10(2)6-8-13(14)11(9)3/h3-10H,1-2H3;5-12H,1-4H3;3-10H,11H2,1-2H3;1-2H3;5-8H,1-4H3. The van der Waals surface area contributed by atoms with E-state index in [-0.39, 0.29) is 5.41 Å². The molecule has 0 spiro atoms. The molecule has 0 fully saturated rings. The molecule has 10 rings (SSSR count). The van der Waals surface area contributed by atoms with Gasteiger partial charge in [0.25, 0.3) is 0 Å². The van der Waals surface area contributed by atoms with Crippen molar-refractivity contribution in [2.75, 3.05) is 0 Å². The topological polar surface area (TPSA) is 0 Å². The summed E-state index contributed by atoms with van der Waals surface area (Å²) in [5.74, 6) is -16.3. The fourth-order valence-electron chi connectivity index (χ4n) is 10.2. The van der Waals surface area contributed by atoms with Crippen molar-refractivity contribution in [1.29, 1.82) is 0 Å². The van der Waals surface area contributed by atoms with Crippen LogP contribution in [-0.4, -0.2) is 12.4 Å². The lowest BCUT2D eigenvalue weighted by molar-refractivity contribution is -0.288. The van der Waals surface area contributed by atoms with Gasteiger partial charge in [-0.05, 0) is 156 Å². The van der Waals surface area contributed by atoms with Crippen LogP contribution in [0.5, 0.6) is 0 Å². The van der Waals surface area contributed by atoms with E-state index in [4.69, 9.17) is 0 Å². The van der Waals surface area contributed by atoms with Crippen molar-refractivity contribution in [3.8, 4) is 11.1 Å². The molecule has 0 saturated carbocycles. The second kappa shape index (κ2) is 29.2. The Morgan fingerprint density at radius 2 is 0.473 bits per heavy atom. The molecule has 0 aliphatic heterocycles. The summed E-state index contributed by atoms with van der Waals surface area (Å²) >= 11 is 0. The summed E-state index contributed by atoms with van der Waals surface area (Å²) in [6.07, 6.45) is -10.0. The van der Waals surface area contributed by atoms with Gasteiger partial charge in [-0.15, -0.1) is 0 Å². The van der Waals surface area contributed by atoms with Gasteiger partial charge >= 0.3 is 12.4 Å². The van der Waals surface area contributed by atoms with Crippen LogP contribution in [0.4, 0.5) is 61.5 Å². The third-order valence-corrected chi connectivity index (χ3v) is 16.5. The Hall–Kier alpha value is -8.52. The Morgan fingerprint density at radius 3 is 0.703 bits per heavy atom. The van der Waals surface area contributed by atoms with E-state index in [2.05, 4.69) is 191 Å². The molecule has 0 aliphatic carbocycles. The van der Waals surface area contributed by atoms with Gasteiger partial charge in [0.2, 0.25) is 5.41 Å². The average molecular weight is 1260 g/mol. The normalized spacial score (nSPS) is 11.6. The van der Waals surface area contributed by atoms with E-state index in [0.29, 0.717) is 25.0 Å². The van der Waals surface area contributed by atoms with Crippen LogP contribution in [0.25, 0.3) is 21.9 Å². The van der Waals surface area contributed by atoms with Crippen LogP contribution in [0.1, 0.15) is 114 Å². The second-order valence-electron chi connectivity index (χ2n) is 23.6. The average Bonchev–Trinajstić information content (AvgIpc) is 0.762. The first kappa shape index (κ1) is 71.6. The molecule has 91 heavy (non-hydrogen) atoms. The number of rotatable bonds is 7. The summed E-state index contributed by atoms with van der Waals surface area (Å²) < 4.78 is 191. The lowest BCUT2D eigenvalue weighted by atomic mass is 9.72. The molecular weight excluding hydrogens is 1190 g/mol. The summed E-state index contributed by atoms with van der Waals surface area (Å²) in [4.78, 5) is 0. The molecule has 0 aliphatic rings. The van der Waals surface area contributed by atoms with Crippen molar-refractivity contribution in [1.82, 2.24) is 0 Å². The molecular formula is C77H72F14. The number of hydrogen-bond donors (Lipinski definition) is 0. The first-order valence-electron chi connectivity index (χ1n) is 29.1. The summed E-state index contributed by atoms with van der Waals surface area (Å²) in [6, 6.07) is 52.6. The smallest absolute Gasteiger partial charge is 0.203 e.